The van der Waals surface area contributed by atoms with Gasteiger partial charge in [0.2, 0.25) is 0 Å². The number of aliphatic hydroxyl groups excluding tert-OH is 1. The quantitative estimate of drug-likeness (QED) is 0.851. The molecule has 0 amide bonds. The highest BCUT2D eigenvalue weighted by Gasteiger charge is 2.19. The van der Waals surface area contributed by atoms with Gasteiger partial charge in [-0.2, -0.15) is 0 Å². The number of piperidine rings is 1. The number of aliphatic hydroxyl groups is 1. The zero-order valence-electron chi connectivity index (χ0n) is 11.5. The summed E-state index contributed by atoms with van der Waals surface area (Å²) < 4.78 is 28.5. The third-order valence-corrected chi connectivity index (χ3v) is 3.76. The molecule has 1 aliphatic heterocycles. The van der Waals surface area contributed by atoms with Crippen LogP contribution in [0.2, 0.25) is 0 Å². The summed E-state index contributed by atoms with van der Waals surface area (Å²) in [6, 6.07) is 2.03. The smallest absolute Gasteiger partial charge is 0.153 e. The number of allylic oxidation sites excluding steroid dienone is 1. The Labute approximate surface area is 121 Å². The molecule has 0 radical (unpaired) electrons. The van der Waals surface area contributed by atoms with Crippen molar-refractivity contribution in [1.29, 1.82) is 0 Å². The zero-order chi connectivity index (χ0) is 14.8. The monoisotopic (exact) mass is 293 g/mol. The molecule has 0 spiro atoms. The van der Waals surface area contributed by atoms with E-state index < -0.39 is 11.6 Å². The molecule has 3 rings (SSSR count). The van der Waals surface area contributed by atoms with Crippen LogP contribution in [0, 0.1) is 11.6 Å². The number of benzene rings is 1. The largest absolute Gasteiger partial charge is 0.391 e. The van der Waals surface area contributed by atoms with Crippen LogP contribution in [0.15, 0.2) is 30.6 Å². The van der Waals surface area contributed by atoms with E-state index in [9.17, 15) is 13.9 Å². The van der Waals surface area contributed by atoms with Crippen molar-refractivity contribution in [3.8, 4) is 0 Å². The number of hydrogen-bond acceptors (Lipinski definition) is 3. The van der Waals surface area contributed by atoms with Crippen LogP contribution >= 0.6 is 0 Å². The Balaban J connectivity index is 1.76. The lowest BCUT2D eigenvalue weighted by Crippen LogP contribution is -2.43. The van der Waals surface area contributed by atoms with Crippen LogP contribution in [0.4, 0.5) is 8.78 Å². The van der Waals surface area contributed by atoms with Gasteiger partial charge < -0.3 is 15.0 Å². The lowest BCUT2D eigenvalue weighted by molar-refractivity contribution is 0.115. The van der Waals surface area contributed by atoms with Crippen LogP contribution in [0.5, 0.6) is 0 Å². The fourth-order valence-corrected chi connectivity index (χ4v) is 2.65. The van der Waals surface area contributed by atoms with E-state index in [1.807, 2.05) is 12.2 Å². The zero-order valence-corrected chi connectivity index (χ0v) is 11.5. The normalized spacial score (nSPS) is 23.2. The molecule has 4 nitrogen and oxygen atoms in total. The van der Waals surface area contributed by atoms with Crippen LogP contribution in [-0.2, 0) is 6.54 Å². The Morgan fingerprint density at radius 3 is 3.10 bits per heavy atom. The number of aromatic nitrogens is 2. The van der Waals surface area contributed by atoms with Crippen molar-refractivity contribution < 1.29 is 13.9 Å². The van der Waals surface area contributed by atoms with Gasteiger partial charge in [0.1, 0.15) is 11.3 Å². The maximum Gasteiger partial charge on any atom is 0.153 e. The number of rotatable bonds is 3. The van der Waals surface area contributed by atoms with Crippen molar-refractivity contribution in [2.75, 3.05) is 6.54 Å². The summed E-state index contributed by atoms with van der Waals surface area (Å²) in [6.45, 7) is 1.33. The molecule has 1 aromatic carbocycles. The van der Waals surface area contributed by atoms with Crippen LogP contribution in [0.3, 0.4) is 0 Å². The number of hydrogen-bond donors (Lipinski definition) is 2. The first-order valence-electron chi connectivity index (χ1n) is 7.03. The van der Waals surface area contributed by atoms with Gasteiger partial charge in [0.15, 0.2) is 5.82 Å². The third kappa shape index (κ3) is 2.96. The van der Waals surface area contributed by atoms with Gasteiger partial charge >= 0.3 is 0 Å². The average molecular weight is 293 g/mol. The van der Waals surface area contributed by atoms with E-state index in [-0.39, 0.29) is 17.7 Å². The summed E-state index contributed by atoms with van der Waals surface area (Å²) in [5.74, 6) is -1.27. The number of fused-ring (bicyclic) bond motifs is 1. The van der Waals surface area contributed by atoms with E-state index in [4.69, 9.17) is 0 Å². The Morgan fingerprint density at radius 2 is 2.29 bits per heavy atom. The maximum absolute atomic E-state index is 13.5. The van der Waals surface area contributed by atoms with Crippen molar-refractivity contribution in [2.45, 2.75) is 31.5 Å². The standard InChI is InChI=1S/C15H17F2N3O/c16-10-7-11(17)15-13(8-10)20(9-19-15)6-2-3-12-14(21)4-1-5-18-12/h2-3,7-9,12,14,18,21H,1,4-6H2/b3-2+/t12?,14-/m0/s1. The van der Waals surface area contributed by atoms with Gasteiger partial charge in [0.05, 0.1) is 24.0 Å². The van der Waals surface area contributed by atoms with Crippen LogP contribution in [0.25, 0.3) is 11.0 Å². The molecule has 2 aromatic rings. The van der Waals surface area contributed by atoms with E-state index in [1.165, 1.54) is 12.4 Å². The Kier molecular flexibility index (Phi) is 3.98. The fourth-order valence-electron chi connectivity index (χ4n) is 2.65. The Hall–Kier alpha value is -1.79. The van der Waals surface area contributed by atoms with Crippen molar-refractivity contribution >= 4 is 11.0 Å². The molecule has 0 saturated carbocycles. The average Bonchev–Trinajstić information content (AvgIpc) is 2.84. The van der Waals surface area contributed by atoms with Gasteiger partial charge in [-0.25, -0.2) is 13.8 Å². The summed E-state index contributed by atoms with van der Waals surface area (Å²) in [6.07, 6.45) is 6.62. The van der Waals surface area contributed by atoms with E-state index in [1.54, 1.807) is 4.57 Å². The molecule has 2 atom stereocenters. The Morgan fingerprint density at radius 1 is 1.43 bits per heavy atom. The molecule has 21 heavy (non-hydrogen) atoms. The molecular weight excluding hydrogens is 276 g/mol. The first-order chi connectivity index (χ1) is 10.1. The van der Waals surface area contributed by atoms with Crippen LogP contribution in [-0.4, -0.2) is 33.3 Å². The van der Waals surface area contributed by atoms with Gasteiger partial charge in [-0.3, -0.25) is 0 Å². The molecule has 0 aliphatic carbocycles. The number of halogens is 2. The SMILES string of the molecule is O[C@H]1CCCNC1/C=C/Cn1cnc2c(F)cc(F)cc21. The van der Waals surface area contributed by atoms with Gasteiger partial charge in [-0.05, 0) is 25.5 Å². The molecule has 0 bridgehead atoms. The van der Waals surface area contributed by atoms with E-state index in [0.29, 0.717) is 12.1 Å². The number of nitrogens with one attached hydrogen (secondary N) is 1. The van der Waals surface area contributed by atoms with Crippen molar-refractivity contribution in [3.05, 3.63) is 42.2 Å². The number of nitrogens with zero attached hydrogens (tertiary/aromatic N) is 2. The summed E-state index contributed by atoms with van der Waals surface area (Å²) in [7, 11) is 0. The van der Waals surface area contributed by atoms with Crippen molar-refractivity contribution in [1.82, 2.24) is 14.9 Å². The molecule has 1 unspecified atom stereocenters. The second-order valence-electron chi connectivity index (χ2n) is 5.27. The highest BCUT2D eigenvalue weighted by atomic mass is 19.1. The first-order valence-corrected chi connectivity index (χ1v) is 7.03. The molecule has 1 aliphatic rings. The summed E-state index contributed by atoms with van der Waals surface area (Å²) >= 11 is 0. The molecule has 1 aromatic heterocycles. The maximum atomic E-state index is 13.5. The van der Waals surface area contributed by atoms with Crippen molar-refractivity contribution in [3.63, 3.8) is 0 Å². The predicted octanol–water partition coefficient (Wildman–Crippen LogP) is 1.98. The van der Waals surface area contributed by atoms with Crippen LogP contribution < -0.4 is 5.32 Å². The highest BCUT2D eigenvalue weighted by Crippen LogP contribution is 2.18. The lowest BCUT2D eigenvalue weighted by atomic mass is 10.0. The van der Waals surface area contributed by atoms with E-state index >= 15 is 0 Å². The molecule has 112 valence electrons. The molecular formula is C15H17F2N3O. The van der Waals surface area contributed by atoms with E-state index in [2.05, 4.69) is 10.3 Å². The molecule has 6 heteroatoms. The second-order valence-corrected chi connectivity index (χ2v) is 5.27. The minimum absolute atomic E-state index is 0.0676. The Bertz CT molecular complexity index is 668. The van der Waals surface area contributed by atoms with E-state index in [0.717, 1.165) is 25.5 Å². The first kappa shape index (κ1) is 14.2. The minimum atomic E-state index is -0.655. The van der Waals surface area contributed by atoms with Gasteiger partial charge in [-0.1, -0.05) is 12.2 Å². The molecule has 1 fully saturated rings. The van der Waals surface area contributed by atoms with Crippen LogP contribution in [0.1, 0.15) is 12.8 Å². The minimum Gasteiger partial charge on any atom is -0.391 e. The van der Waals surface area contributed by atoms with Gasteiger partial charge in [0.25, 0.3) is 0 Å². The van der Waals surface area contributed by atoms with Crippen molar-refractivity contribution in [2.24, 2.45) is 0 Å². The fraction of sp³-hybridized carbons (Fsp3) is 0.400. The lowest BCUT2D eigenvalue weighted by Gasteiger charge is -2.26. The molecule has 2 N–H and O–H groups in total. The topological polar surface area (TPSA) is 50.1 Å². The van der Waals surface area contributed by atoms with Gasteiger partial charge in [0, 0.05) is 12.6 Å². The number of imidazole rings is 1. The third-order valence-electron chi connectivity index (χ3n) is 3.76. The van der Waals surface area contributed by atoms with Gasteiger partial charge in [-0.15, -0.1) is 0 Å². The molecule has 2 heterocycles. The second kappa shape index (κ2) is 5.91. The predicted molar refractivity (Wildman–Crippen MR) is 75.8 cm³/mol. The summed E-state index contributed by atoms with van der Waals surface area (Å²) in [4.78, 5) is 3.96. The molecule has 1 saturated heterocycles. The summed E-state index contributed by atoms with van der Waals surface area (Å²) in [5, 5.41) is 13.1. The highest BCUT2D eigenvalue weighted by molar-refractivity contribution is 5.76. The summed E-state index contributed by atoms with van der Waals surface area (Å²) in [5.41, 5.74) is 0.593.